The third-order valence-corrected chi connectivity index (χ3v) is 6.50. The first-order valence-corrected chi connectivity index (χ1v) is 8.38. The molecule has 2 rings (SSSR count). The zero-order valence-corrected chi connectivity index (χ0v) is 14.2. The summed E-state index contributed by atoms with van der Waals surface area (Å²) in [5.74, 6) is 0. The van der Waals surface area contributed by atoms with Crippen LogP contribution in [0.3, 0.4) is 0 Å². The number of hydrogen-bond acceptors (Lipinski definition) is 2. The summed E-state index contributed by atoms with van der Waals surface area (Å²) >= 11 is 2.46. The van der Waals surface area contributed by atoms with Gasteiger partial charge in [-0.25, -0.2) is 0 Å². The van der Waals surface area contributed by atoms with Crippen molar-refractivity contribution in [3.63, 3.8) is 0 Å². The van der Waals surface area contributed by atoms with E-state index >= 15 is 0 Å². The van der Waals surface area contributed by atoms with Crippen LogP contribution < -0.4 is 5.73 Å². The summed E-state index contributed by atoms with van der Waals surface area (Å²) in [6.07, 6.45) is 5.04. The minimum atomic E-state index is -0.349. The molecule has 1 fully saturated rings. The summed E-state index contributed by atoms with van der Waals surface area (Å²) in [6.45, 7) is 6.95. The Hall–Kier alpha value is -0.130. The Morgan fingerprint density at radius 3 is 2.26 bits per heavy atom. The Balaban J connectivity index is 2.33. The van der Waals surface area contributed by atoms with Gasteiger partial charge in [-0.1, -0.05) is 66.3 Å². The van der Waals surface area contributed by atoms with E-state index in [9.17, 15) is 0 Å². The topological polar surface area (TPSA) is 29.3 Å². The van der Waals surface area contributed by atoms with Gasteiger partial charge >= 0.3 is 0 Å². The predicted molar refractivity (Wildman–Crippen MR) is 90.4 cm³/mol. The van der Waals surface area contributed by atoms with Gasteiger partial charge in [-0.15, -0.1) is 0 Å². The molecule has 2 unspecified atom stereocenters. The summed E-state index contributed by atoms with van der Waals surface area (Å²) < 4.78 is -0.349. The van der Waals surface area contributed by atoms with Gasteiger partial charge in [-0.05, 0) is 44.8 Å². The average Bonchev–Trinajstić information content (AvgIpc) is 2.48. The number of piperidine rings is 1. The lowest BCUT2D eigenvalue weighted by Crippen LogP contribution is -2.62. The third kappa shape index (κ3) is 2.83. The van der Waals surface area contributed by atoms with Crippen LogP contribution in [0.2, 0.25) is 0 Å². The molecule has 0 spiro atoms. The van der Waals surface area contributed by atoms with Crippen LogP contribution in [0.25, 0.3) is 0 Å². The Morgan fingerprint density at radius 1 is 1.16 bits per heavy atom. The first kappa shape index (κ1) is 15.3. The predicted octanol–water partition coefficient (Wildman–Crippen LogP) is 3.89. The summed E-state index contributed by atoms with van der Waals surface area (Å²) in [5.41, 5.74) is 8.04. The summed E-state index contributed by atoms with van der Waals surface area (Å²) in [7, 11) is 0. The van der Waals surface area contributed by atoms with Crippen LogP contribution in [0.4, 0.5) is 0 Å². The zero-order valence-electron chi connectivity index (χ0n) is 12.0. The van der Waals surface area contributed by atoms with Crippen molar-refractivity contribution in [2.75, 3.05) is 13.1 Å². The van der Waals surface area contributed by atoms with Crippen LogP contribution in [0, 0.1) is 0 Å². The van der Waals surface area contributed by atoms with Crippen molar-refractivity contribution in [3.8, 4) is 0 Å². The van der Waals surface area contributed by atoms with E-state index in [1.54, 1.807) is 0 Å². The highest BCUT2D eigenvalue weighted by molar-refractivity contribution is 14.1. The van der Waals surface area contributed by atoms with E-state index < -0.39 is 0 Å². The molecule has 0 aromatic heterocycles. The lowest BCUT2D eigenvalue weighted by atomic mass is 9.82. The second-order valence-corrected chi connectivity index (χ2v) is 7.45. The maximum absolute atomic E-state index is 6.80. The minimum Gasteiger partial charge on any atom is -0.312 e. The van der Waals surface area contributed by atoms with E-state index in [0.29, 0.717) is 0 Å². The van der Waals surface area contributed by atoms with Gasteiger partial charge in [0.1, 0.15) is 3.55 Å². The summed E-state index contributed by atoms with van der Waals surface area (Å²) in [6, 6.07) is 10.5. The molecular formula is C16H25IN2. The lowest BCUT2D eigenvalue weighted by Gasteiger charge is -2.51. The maximum atomic E-state index is 6.80. The first-order valence-electron chi connectivity index (χ1n) is 7.31. The van der Waals surface area contributed by atoms with Crippen LogP contribution >= 0.6 is 22.6 Å². The Morgan fingerprint density at radius 2 is 1.74 bits per heavy atom. The molecule has 0 bridgehead atoms. The maximum Gasteiger partial charge on any atom is 0.112 e. The molecule has 1 aromatic rings. The van der Waals surface area contributed by atoms with Gasteiger partial charge in [0.15, 0.2) is 0 Å². The standard InChI is InChI=1S/C16H25IN2/c1-3-15(2,19-12-8-5-9-13-19)16(17,18)14-10-6-4-7-11-14/h4,6-7,10-11H,3,5,8-9,12-13,18H2,1-2H3. The van der Waals surface area contributed by atoms with Crippen LogP contribution in [0.15, 0.2) is 30.3 Å². The zero-order chi connectivity index (χ0) is 13.9. The molecule has 2 nitrogen and oxygen atoms in total. The molecule has 3 heteroatoms. The average molecular weight is 372 g/mol. The normalized spacial score (nSPS) is 23.6. The van der Waals surface area contributed by atoms with Crippen molar-refractivity contribution in [1.29, 1.82) is 0 Å². The molecule has 106 valence electrons. The van der Waals surface area contributed by atoms with Gasteiger partial charge < -0.3 is 5.73 Å². The minimum absolute atomic E-state index is 0.00926. The second kappa shape index (κ2) is 6.10. The van der Waals surface area contributed by atoms with Crippen LogP contribution in [0.5, 0.6) is 0 Å². The van der Waals surface area contributed by atoms with Gasteiger partial charge in [-0.3, -0.25) is 4.90 Å². The van der Waals surface area contributed by atoms with Crippen molar-refractivity contribution in [1.82, 2.24) is 4.90 Å². The van der Waals surface area contributed by atoms with E-state index in [1.807, 2.05) is 0 Å². The molecule has 19 heavy (non-hydrogen) atoms. The van der Waals surface area contributed by atoms with E-state index in [1.165, 1.54) is 37.9 Å². The molecule has 0 amide bonds. The Bertz CT molecular complexity index is 398. The first-order chi connectivity index (χ1) is 9.02. The number of halogens is 1. The SMILES string of the molecule is CCC(C)(N1CCCCC1)C(N)(I)c1ccccc1. The molecule has 1 aliphatic heterocycles. The second-order valence-electron chi connectivity index (χ2n) is 5.75. The largest absolute Gasteiger partial charge is 0.312 e. The quantitative estimate of drug-likeness (QED) is 0.494. The van der Waals surface area contributed by atoms with Crippen molar-refractivity contribution in [2.24, 2.45) is 5.73 Å². The molecule has 1 heterocycles. The fourth-order valence-electron chi connectivity index (χ4n) is 3.09. The number of likely N-dealkylation sites (tertiary alicyclic amines) is 1. The number of rotatable bonds is 4. The van der Waals surface area contributed by atoms with Crippen molar-refractivity contribution < 1.29 is 0 Å². The van der Waals surface area contributed by atoms with Crippen LogP contribution in [-0.2, 0) is 3.55 Å². The van der Waals surface area contributed by atoms with Gasteiger partial charge in [0.2, 0.25) is 0 Å². The number of nitrogens with two attached hydrogens (primary N) is 1. The smallest absolute Gasteiger partial charge is 0.112 e. The number of alkyl halides is 1. The van der Waals surface area contributed by atoms with Crippen LogP contribution in [-0.4, -0.2) is 23.5 Å². The fourth-order valence-corrected chi connectivity index (χ4v) is 4.17. The highest BCUT2D eigenvalue weighted by Gasteiger charge is 2.47. The molecule has 1 aromatic carbocycles. The highest BCUT2D eigenvalue weighted by Crippen LogP contribution is 2.43. The van der Waals surface area contributed by atoms with E-state index in [-0.39, 0.29) is 9.08 Å². The molecule has 2 N–H and O–H groups in total. The lowest BCUT2D eigenvalue weighted by molar-refractivity contribution is 0.0481. The van der Waals surface area contributed by atoms with Gasteiger partial charge in [0.25, 0.3) is 0 Å². The van der Waals surface area contributed by atoms with Crippen molar-refractivity contribution in [3.05, 3.63) is 35.9 Å². The Kier molecular flexibility index (Phi) is 4.90. The van der Waals surface area contributed by atoms with Crippen molar-refractivity contribution in [2.45, 2.75) is 48.6 Å². The monoisotopic (exact) mass is 372 g/mol. The van der Waals surface area contributed by atoms with Crippen LogP contribution in [0.1, 0.15) is 45.1 Å². The summed E-state index contributed by atoms with van der Waals surface area (Å²) in [5, 5.41) is 0. The molecule has 0 saturated carbocycles. The van der Waals surface area contributed by atoms with E-state index in [4.69, 9.17) is 5.73 Å². The molecule has 0 aliphatic carbocycles. The van der Waals surface area contributed by atoms with Gasteiger partial charge in [-0.2, -0.15) is 0 Å². The number of benzene rings is 1. The van der Waals surface area contributed by atoms with E-state index in [2.05, 4.69) is 71.7 Å². The highest BCUT2D eigenvalue weighted by atomic mass is 127. The molecule has 0 radical (unpaired) electrons. The van der Waals surface area contributed by atoms with Gasteiger partial charge in [0, 0.05) is 5.54 Å². The summed E-state index contributed by atoms with van der Waals surface area (Å²) in [4.78, 5) is 2.61. The molecular weight excluding hydrogens is 347 g/mol. The molecule has 1 saturated heterocycles. The number of hydrogen-bond donors (Lipinski definition) is 1. The number of nitrogens with zero attached hydrogens (tertiary/aromatic N) is 1. The fraction of sp³-hybridized carbons (Fsp3) is 0.625. The molecule has 2 atom stereocenters. The van der Waals surface area contributed by atoms with Crippen molar-refractivity contribution >= 4 is 22.6 Å². The van der Waals surface area contributed by atoms with Gasteiger partial charge in [0.05, 0.1) is 0 Å². The molecule has 1 aliphatic rings. The third-order valence-electron chi connectivity index (χ3n) is 4.72. The Labute approximate surface area is 130 Å². The van der Waals surface area contributed by atoms with E-state index in [0.717, 1.165) is 6.42 Å².